The number of benzene rings is 2. The molecule has 0 aliphatic carbocycles. The molecule has 0 saturated carbocycles. The van der Waals surface area contributed by atoms with Crippen LogP contribution < -0.4 is 9.88 Å². The summed E-state index contributed by atoms with van der Waals surface area (Å²) >= 11 is 11.7. The summed E-state index contributed by atoms with van der Waals surface area (Å²) in [5.41, 5.74) is 1.27. The third-order valence-electron chi connectivity index (χ3n) is 4.05. The van der Waals surface area contributed by atoms with Gasteiger partial charge >= 0.3 is 0 Å². The highest BCUT2D eigenvalue weighted by atomic mass is 35.5. The van der Waals surface area contributed by atoms with Crippen molar-refractivity contribution in [3.63, 3.8) is 0 Å². The molecule has 6 heteroatoms. The molecule has 3 aromatic rings. The zero-order valence-electron chi connectivity index (χ0n) is 14.3. The fourth-order valence-corrected chi connectivity index (χ4v) is 3.20. The third-order valence-corrected chi connectivity index (χ3v) is 4.75. The Bertz CT molecular complexity index is 948. The highest BCUT2D eigenvalue weighted by Gasteiger charge is 2.33. The minimum absolute atomic E-state index is 0.201. The van der Waals surface area contributed by atoms with Gasteiger partial charge in [-0.3, -0.25) is 4.79 Å². The van der Waals surface area contributed by atoms with E-state index in [0.717, 1.165) is 5.56 Å². The van der Waals surface area contributed by atoms with Crippen molar-refractivity contribution in [1.82, 2.24) is 5.32 Å². The van der Waals surface area contributed by atoms with E-state index in [1.54, 1.807) is 53.4 Å². The fourth-order valence-electron chi connectivity index (χ4n) is 2.67. The number of hydrogen-bond donors (Lipinski definition) is 1. The standard InChI is InChI=1S/C21H16ClFN2OS/c22-18-7-3-2-6-17(18)20(26)19(25-12-4-1-5-13-25)21(27)24-14-15-8-10-16(23)11-9-15/h1-13,19H,14H2/p+1/t19-/m0/s1. The van der Waals surface area contributed by atoms with Crippen LogP contribution in [0, 0.1) is 5.82 Å². The van der Waals surface area contributed by atoms with Crippen LogP contribution in [-0.4, -0.2) is 10.8 Å². The Morgan fingerprint density at radius 2 is 1.70 bits per heavy atom. The van der Waals surface area contributed by atoms with Crippen molar-refractivity contribution in [2.45, 2.75) is 12.6 Å². The monoisotopic (exact) mass is 399 g/mol. The Hall–Kier alpha value is -2.63. The molecular weight excluding hydrogens is 383 g/mol. The number of thiocarbonyl (C=S) groups is 1. The van der Waals surface area contributed by atoms with E-state index in [9.17, 15) is 9.18 Å². The molecule has 0 aliphatic heterocycles. The first-order valence-corrected chi connectivity index (χ1v) is 9.11. The molecule has 2 aromatic carbocycles. The van der Waals surface area contributed by atoms with Gasteiger partial charge in [0.05, 0.1) is 5.02 Å². The lowest BCUT2D eigenvalue weighted by Crippen LogP contribution is -2.51. The predicted molar refractivity (Wildman–Crippen MR) is 107 cm³/mol. The molecule has 3 rings (SSSR count). The Morgan fingerprint density at radius 3 is 2.37 bits per heavy atom. The average molecular weight is 400 g/mol. The number of Topliss-reactive ketones (excluding diaryl/α,β-unsaturated/α-hetero) is 1. The highest BCUT2D eigenvalue weighted by molar-refractivity contribution is 7.80. The molecule has 27 heavy (non-hydrogen) atoms. The summed E-state index contributed by atoms with van der Waals surface area (Å²) in [6.07, 6.45) is 3.57. The normalized spacial score (nSPS) is 11.6. The van der Waals surface area contributed by atoms with Crippen molar-refractivity contribution in [1.29, 1.82) is 0 Å². The van der Waals surface area contributed by atoms with Crippen LogP contribution in [0.1, 0.15) is 22.0 Å². The smallest absolute Gasteiger partial charge is 0.270 e. The van der Waals surface area contributed by atoms with E-state index >= 15 is 0 Å². The molecular formula is C21H17ClFN2OS+. The van der Waals surface area contributed by atoms with Gasteiger partial charge in [0.2, 0.25) is 5.78 Å². The van der Waals surface area contributed by atoms with E-state index in [1.165, 1.54) is 12.1 Å². The van der Waals surface area contributed by atoms with Gasteiger partial charge in [-0.1, -0.05) is 54.2 Å². The summed E-state index contributed by atoms with van der Waals surface area (Å²) < 4.78 is 14.8. The van der Waals surface area contributed by atoms with E-state index in [1.807, 2.05) is 18.2 Å². The molecule has 0 fully saturated rings. The molecule has 0 spiro atoms. The maximum Gasteiger partial charge on any atom is 0.270 e. The lowest BCUT2D eigenvalue weighted by atomic mass is 10.0. The number of nitrogens with one attached hydrogen (secondary N) is 1. The van der Waals surface area contributed by atoms with Crippen LogP contribution in [0.5, 0.6) is 0 Å². The summed E-state index contributed by atoms with van der Waals surface area (Å²) in [7, 11) is 0. The maximum absolute atomic E-state index is 13.2. The Kier molecular flexibility index (Phi) is 6.27. The number of aromatic nitrogens is 1. The Morgan fingerprint density at radius 1 is 1.04 bits per heavy atom. The van der Waals surface area contributed by atoms with Crippen molar-refractivity contribution < 1.29 is 13.8 Å². The second-order valence-electron chi connectivity index (χ2n) is 5.91. The molecule has 0 aliphatic rings. The molecule has 136 valence electrons. The van der Waals surface area contributed by atoms with Gasteiger partial charge < -0.3 is 5.32 Å². The van der Waals surface area contributed by atoms with E-state index in [0.29, 0.717) is 22.1 Å². The Balaban J connectivity index is 1.86. The van der Waals surface area contributed by atoms with Gasteiger partial charge in [-0.25, -0.2) is 4.39 Å². The van der Waals surface area contributed by atoms with Crippen molar-refractivity contribution >= 4 is 34.6 Å². The van der Waals surface area contributed by atoms with Gasteiger partial charge in [0.1, 0.15) is 5.82 Å². The summed E-state index contributed by atoms with van der Waals surface area (Å²) in [5, 5.41) is 3.49. The zero-order chi connectivity index (χ0) is 19.2. The van der Waals surface area contributed by atoms with Crippen LogP contribution in [0.2, 0.25) is 5.02 Å². The topological polar surface area (TPSA) is 33.0 Å². The van der Waals surface area contributed by atoms with Crippen LogP contribution in [0.25, 0.3) is 0 Å². The molecule has 1 atom stereocenters. The molecule has 1 N–H and O–H groups in total. The molecule has 3 nitrogen and oxygen atoms in total. The number of nitrogens with zero attached hydrogens (tertiary/aromatic N) is 1. The van der Waals surface area contributed by atoms with Crippen LogP contribution in [-0.2, 0) is 6.54 Å². The number of ketones is 1. The summed E-state index contributed by atoms with van der Waals surface area (Å²) in [4.78, 5) is 13.5. The number of hydrogen-bond acceptors (Lipinski definition) is 2. The van der Waals surface area contributed by atoms with Crippen molar-refractivity contribution in [2.24, 2.45) is 0 Å². The first-order valence-electron chi connectivity index (χ1n) is 8.33. The summed E-state index contributed by atoms with van der Waals surface area (Å²) in [5.74, 6) is -0.499. The number of pyridine rings is 1. The zero-order valence-corrected chi connectivity index (χ0v) is 15.9. The van der Waals surface area contributed by atoms with Gasteiger partial charge in [0.25, 0.3) is 6.04 Å². The first kappa shape index (κ1) is 19.1. The number of rotatable bonds is 6. The van der Waals surface area contributed by atoms with Crippen molar-refractivity contribution in [3.8, 4) is 0 Å². The molecule has 1 aromatic heterocycles. The van der Waals surface area contributed by atoms with Crippen LogP contribution in [0.3, 0.4) is 0 Å². The third kappa shape index (κ3) is 4.76. The SMILES string of the molecule is O=C(c1ccccc1Cl)[C@@H](C(=S)NCc1ccc(F)cc1)[n+]1ccccc1. The summed E-state index contributed by atoms with van der Waals surface area (Å²) in [6.45, 7) is 0.388. The lowest BCUT2D eigenvalue weighted by Gasteiger charge is -2.15. The highest BCUT2D eigenvalue weighted by Crippen LogP contribution is 2.20. The van der Waals surface area contributed by atoms with Crippen LogP contribution >= 0.6 is 23.8 Å². The fraction of sp³-hybridized carbons (Fsp3) is 0.0952. The van der Waals surface area contributed by atoms with Crippen LogP contribution in [0.4, 0.5) is 4.39 Å². The molecule has 0 unspecified atom stereocenters. The van der Waals surface area contributed by atoms with E-state index in [2.05, 4.69) is 5.32 Å². The van der Waals surface area contributed by atoms with E-state index in [-0.39, 0.29) is 11.6 Å². The molecule has 0 bridgehead atoms. The van der Waals surface area contributed by atoms with Crippen molar-refractivity contribution in [2.75, 3.05) is 0 Å². The number of halogens is 2. The largest absolute Gasteiger partial charge is 0.370 e. The minimum Gasteiger partial charge on any atom is -0.370 e. The predicted octanol–water partition coefficient (Wildman–Crippen LogP) is 4.31. The molecule has 0 amide bonds. The van der Waals surface area contributed by atoms with E-state index in [4.69, 9.17) is 23.8 Å². The second kappa shape index (κ2) is 8.84. The minimum atomic E-state index is -0.735. The number of carbonyl (C=O) groups excluding carboxylic acids is 1. The average Bonchev–Trinajstić information content (AvgIpc) is 2.69. The molecule has 0 radical (unpaired) electrons. The second-order valence-corrected chi connectivity index (χ2v) is 6.76. The molecule has 1 heterocycles. The maximum atomic E-state index is 13.2. The number of carbonyl (C=O) groups is 1. The van der Waals surface area contributed by atoms with Gasteiger partial charge in [-0.2, -0.15) is 4.57 Å². The van der Waals surface area contributed by atoms with E-state index < -0.39 is 6.04 Å². The lowest BCUT2D eigenvalue weighted by molar-refractivity contribution is -0.692. The van der Waals surface area contributed by atoms with Gasteiger partial charge in [-0.15, -0.1) is 0 Å². The van der Waals surface area contributed by atoms with Gasteiger partial charge in [-0.05, 0) is 29.8 Å². The molecule has 0 saturated heterocycles. The quantitative estimate of drug-likeness (QED) is 0.381. The van der Waals surface area contributed by atoms with Gasteiger partial charge in [0.15, 0.2) is 17.4 Å². The van der Waals surface area contributed by atoms with Gasteiger partial charge in [0, 0.05) is 24.2 Å². The first-order chi connectivity index (χ1) is 13.1. The van der Waals surface area contributed by atoms with Crippen LogP contribution in [0.15, 0.2) is 79.1 Å². The Labute approximate surface area is 167 Å². The van der Waals surface area contributed by atoms with Crippen molar-refractivity contribution in [3.05, 3.63) is 101 Å². The summed E-state index contributed by atoms with van der Waals surface area (Å²) in [6, 6.07) is 17.8.